The Morgan fingerprint density at radius 2 is 1.03 bits per heavy atom. The Hall–Kier alpha value is -4.24. The maximum absolute atomic E-state index is 7.47. The normalized spacial score (nSPS) is 24.8. The maximum Gasteiger partial charge on any atom is 0.192 e. The van der Waals surface area contributed by atoms with Crippen molar-refractivity contribution in [3.05, 3.63) is 190 Å². The van der Waals surface area contributed by atoms with Crippen molar-refractivity contribution in [3.8, 4) is 0 Å². The van der Waals surface area contributed by atoms with Crippen LogP contribution in [0.2, 0.25) is 0 Å². The van der Waals surface area contributed by atoms with Crippen molar-refractivity contribution in [2.24, 2.45) is 34.5 Å². The molecule has 2 nitrogen and oxygen atoms in total. The molecule has 76 heavy (non-hydrogen) atoms. The molecule has 1 saturated heterocycles. The summed E-state index contributed by atoms with van der Waals surface area (Å²) >= 11 is 0. The molecule has 1 fully saturated rings. The number of ether oxygens (including phenoxy) is 2. The minimum atomic E-state index is -0.740. The molecule has 420 valence electrons. The summed E-state index contributed by atoms with van der Waals surface area (Å²) in [6.45, 7) is 58.4. The quantitative estimate of drug-likeness (QED) is 0.0549. The van der Waals surface area contributed by atoms with E-state index < -0.39 is 11.4 Å². The molecule has 7 unspecified atom stereocenters. The first-order valence-electron chi connectivity index (χ1n) is 29.7. The van der Waals surface area contributed by atoms with E-state index in [9.17, 15) is 0 Å². The number of hydrogen-bond acceptors (Lipinski definition) is 2. The van der Waals surface area contributed by atoms with Crippen molar-refractivity contribution in [3.63, 3.8) is 0 Å². The van der Waals surface area contributed by atoms with E-state index in [0.29, 0.717) is 23.7 Å². The summed E-state index contributed by atoms with van der Waals surface area (Å²) in [5.74, 6) is 1.23. The lowest BCUT2D eigenvalue weighted by Crippen LogP contribution is -2.42. The van der Waals surface area contributed by atoms with Crippen LogP contribution in [0.1, 0.15) is 221 Å². The van der Waals surface area contributed by atoms with Crippen LogP contribution in [0, 0.1) is 34.5 Å². The van der Waals surface area contributed by atoms with E-state index in [0.717, 1.165) is 77.0 Å². The van der Waals surface area contributed by atoms with E-state index in [-0.39, 0.29) is 16.9 Å². The van der Waals surface area contributed by atoms with Crippen LogP contribution in [-0.4, -0.2) is 17.5 Å². The molecule has 0 aromatic rings. The van der Waals surface area contributed by atoms with Crippen LogP contribution >= 0.6 is 0 Å². The molecule has 7 atom stereocenters. The van der Waals surface area contributed by atoms with Crippen LogP contribution in [0.3, 0.4) is 0 Å². The van der Waals surface area contributed by atoms with Crippen molar-refractivity contribution in [1.29, 1.82) is 0 Å². The third-order valence-electron chi connectivity index (χ3n) is 17.9. The van der Waals surface area contributed by atoms with Gasteiger partial charge in [-0.2, -0.15) is 0 Å². The topological polar surface area (TPSA) is 18.5 Å². The Morgan fingerprint density at radius 1 is 0.566 bits per heavy atom. The number of rotatable bonds is 29. The number of hydrogen-bond donors (Lipinski definition) is 0. The molecule has 2 aliphatic carbocycles. The molecule has 0 aromatic carbocycles. The van der Waals surface area contributed by atoms with E-state index >= 15 is 0 Å². The molecule has 2 heteroatoms. The van der Waals surface area contributed by atoms with Gasteiger partial charge in [-0.1, -0.05) is 229 Å². The minimum absolute atomic E-state index is 0.00795. The molecule has 1 aliphatic heterocycles. The first kappa shape index (κ1) is 66.0. The fourth-order valence-electron chi connectivity index (χ4n) is 11.0. The molecule has 1 spiro atoms. The van der Waals surface area contributed by atoms with Gasteiger partial charge in [0.15, 0.2) is 5.79 Å². The van der Waals surface area contributed by atoms with Crippen LogP contribution in [0.15, 0.2) is 190 Å². The smallest absolute Gasteiger partial charge is 0.192 e. The Bertz CT molecular complexity index is 2390. The Balaban J connectivity index is 1.75. The molecule has 3 rings (SSSR count). The highest BCUT2D eigenvalue weighted by Crippen LogP contribution is 2.55. The van der Waals surface area contributed by atoms with Crippen LogP contribution < -0.4 is 0 Å². The lowest BCUT2D eigenvalue weighted by Gasteiger charge is -2.43. The second kappa shape index (κ2) is 30.8. The van der Waals surface area contributed by atoms with Crippen molar-refractivity contribution in [2.45, 2.75) is 238 Å². The van der Waals surface area contributed by atoms with Gasteiger partial charge in [0.05, 0.1) is 11.7 Å². The van der Waals surface area contributed by atoms with Gasteiger partial charge in [0, 0.05) is 6.42 Å². The molecular formula is C74H112O2. The summed E-state index contributed by atoms with van der Waals surface area (Å²) in [5, 5.41) is 0. The summed E-state index contributed by atoms with van der Waals surface area (Å²) in [4.78, 5) is 0. The first-order chi connectivity index (χ1) is 35.5. The van der Waals surface area contributed by atoms with Crippen LogP contribution in [-0.2, 0) is 9.47 Å². The predicted molar refractivity (Wildman–Crippen MR) is 338 cm³/mol. The van der Waals surface area contributed by atoms with Gasteiger partial charge in [-0.3, -0.25) is 0 Å². The zero-order chi connectivity index (χ0) is 57.0. The molecule has 0 N–H and O–H groups in total. The monoisotopic (exact) mass is 1030 g/mol. The summed E-state index contributed by atoms with van der Waals surface area (Å²) in [7, 11) is 0. The Morgan fingerprint density at radius 3 is 1.54 bits per heavy atom. The summed E-state index contributed by atoms with van der Waals surface area (Å²) in [6.07, 6.45) is 49.4. The highest BCUT2D eigenvalue weighted by Gasteiger charge is 2.57. The molecular weight excluding hydrogens is 921 g/mol. The lowest BCUT2D eigenvalue weighted by molar-refractivity contribution is -0.174. The Labute approximate surface area is 470 Å². The highest BCUT2D eigenvalue weighted by atomic mass is 16.8. The third-order valence-corrected chi connectivity index (χ3v) is 17.9. The van der Waals surface area contributed by atoms with Crippen molar-refractivity contribution < 1.29 is 9.47 Å². The predicted octanol–water partition coefficient (Wildman–Crippen LogP) is 22.7. The van der Waals surface area contributed by atoms with E-state index in [1.54, 1.807) is 0 Å². The van der Waals surface area contributed by atoms with Crippen molar-refractivity contribution in [1.82, 2.24) is 0 Å². The fourth-order valence-corrected chi connectivity index (χ4v) is 11.0. The van der Waals surface area contributed by atoms with Gasteiger partial charge in [-0.15, -0.1) is 0 Å². The minimum Gasteiger partial charge on any atom is -0.340 e. The molecule has 0 saturated carbocycles. The first-order valence-corrected chi connectivity index (χ1v) is 29.7. The summed E-state index contributed by atoms with van der Waals surface area (Å²) in [6, 6.07) is 0. The van der Waals surface area contributed by atoms with E-state index in [1.807, 2.05) is 0 Å². The number of allylic oxidation sites excluding steroid dienone is 27. The molecule has 0 aromatic heterocycles. The zero-order valence-electron chi connectivity index (χ0n) is 52.3. The van der Waals surface area contributed by atoms with Crippen LogP contribution in [0.5, 0.6) is 0 Å². The van der Waals surface area contributed by atoms with Crippen LogP contribution in [0.4, 0.5) is 0 Å². The largest absolute Gasteiger partial charge is 0.340 e. The van der Waals surface area contributed by atoms with Gasteiger partial charge in [-0.25, -0.2) is 0 Å². The fraction of sp³-hybridized carbons (Fsp3) is 0.568. The lowest BCUT2D eigenvalue weighted by atomic mass is 9.70. The highest BCUT2D eigenvalue weighted by molar-refractivity contribution is 5.41. The van der Waals surface area contributed by atoms with E-state index in [4.69, 9.17) is 9.47 Å². The molecule has 0 bridgehead atoms. The van der Waals surface area contributed by atoms with Gasteiger partial charge in [0.25, 0.3) is 0 Å². The summed E-state index contributed by atoms with van der Waals surface area (Å²) < 4.78 is 14.9. The standard InChI is InChI=1S/C74H112O2/c1-53(2)60(10)42-44-63(13)62(12)41-38-57(7)35-27-37-70-73(22,50-48-65(15)64(14)45-43-61(11)54(3)4)76-74(75-70)52-51-72(20,21)69(67(74)17)47-40-59(9)34-26-32-56(6)30-24-23-29-55(5)31-25-33-58(8)39-46-68-66(16)36-28-49-71(68,18)19/h23-26,29-35,39-40,46-47,60-62,65,70H,1,3,13-14,27-28,36-38,41-45,48-52H2,2,4-12,15-22H3. The van der Waals surface area contributed by atoms with Crippen molar-refractivity contribution in [2.75, 3.05) is 0 Å². The molecule has 1 heterocycles. The van der Waals surface area contributed by atoms with E-state index in [2.05, 4.69) is 242 Å². The van der Waals surface area contributed by atoms with Gasteiger partial charge >= 0.3 is 0 Å². The van der Waals surface area contributed by atoms with Crippen LogP contribution in [0.25, 0.3) is 0 Å². The Kier molecular flexibility index (Phi) is 26.8. The van der Waals surface area contributed by atoms with Gasteiger partial charge < -0.3 is 9.47 Å². The maximum atomic E-state index is 7.47. The van der Waals surface area contributed by atoms with Crippen molar-refractivity contribution >= 4 is 0 Å². The third kappa shape index (κ3) is 21.2. The molecule has 0 radical (unpaired) electrons. The van der Waals surface area contributed by atoms with Gasteiger partial charge in [-0.05, 0) is 210 Å². The van der Waals surface area contributed by atoms with E-state index in [1.165, 1.54) is 91.7 Å². The SMILES string of the molecule is C=C(C)C(C)CCC(=C)C(C)CCC(C)=CCCC1OC2(CCC(C)(C)C(C=CC(C)=CC=CC(C)=CC=CC=C(C)C=CC=C(C)C=CC3=C(C)CCCC3(C)C)=C2C)OC1(C)CCC(C)C(=C)CCC(C)C(=C)C. The average Bonchev–Trinajstić information content (AvgIpc) is 3.64. The second-order valence-corrected chi connectivity index (χ2v) is 25.9. The molecule has 3 aliphatic rings. The average molecular weight is 1030 g/mol. The van der Waals surface area contributed by atoms with Gasteiger partial charge in [0.1, 0.15) is 0 Å². The summed E-state index contributed by atoms with van der Waals surface area (Å²) in [5.41, 5.74) is 17.0. The zero-order valence-corrected chi connectivity index (χ0v) is 52.3. The molecule has 0 amide bonds. The van der Waals surface area contributed by atoms with Gasteiger partial charge in [0.2, 0.25) is 0 Å². The second-order valence-electron chi connectivity index (χ2n) is 25.9.